The Morgan fingerprint density at radius 2 is 1.76 bits per heavy atom. The van der Waals surface area contributed by atoms with Crippen molar-refractivity contribution in [2.24, 2.45) is 0 Å². The van der Waals surface area contributed by atoms with E-state index in [4.69, 9.17) is 11.6 Å². The molecule has 1 saturated carbocycles. The Morgan fingerprint density at radius 3 is 2.38 bits per heavy atom. The van der Waals surface area contributed by atoms with Gasteiger partial charge >= 0.3 is 6.18 Å². The van der Waals surface area contributed by atoms with Crippen LogP contribution in [-0.2, 0) is 6.18 Å². The largest absolute Gasteiger partial charge is 0.416 e. The molecule has 2 aromatic heterocycles. The van der Waals surface area contributed by atoms with Crippen LogP contribution in [0, 0.1) is 0 Å². The van der Waals surface area contributed by atoms with Crippen LogP contribution in [0.1, 0.15) is 34.8 Å². The third-order valence-corrected chi connectivity index (χ3v) is 6.65. The van der Waals surface area contributed by atoms with Crippen LogP contribution in [0.25, 0.3) is 16.9 Å². The van der Waals surface area contributed by atoms with Gasteiger partial charge in [0.25, 0.3) is 5.56 Å². The molecular formula is C23H16ClF3N4O2S. The smallest absolute Gasteiger partial charge is 0.312 e. The summed E-state index contributed by atoms with van der Waals surface area (Å²) in [6.45, 7) is 0. The molecule has 5 rings (SSSR count). The minimum Gasteiger partial charge on any atom is -0.312 e. The van der Waals surface area contributed by atoms with Gasteiger partial charge in [-0.3, -0.25) is 14.2 Å². The lowest BCUT2D eigenvalue weighted by molar-refractivity contribution is -0.137. The van der Waals surface area contributed by atoms with Gasteiger partial charge in [-0.1, -0.05) is 35.5 Å². The third kappa shape index (κ3) is 4.35. The van der Waals surface area contributed by atoms with E-state index in [1.54, 1.807) is 30.6 Å². The fourth-order valence-corrected chi connectivity index (χ4v) is 4.56. The lowest BCUT2D eigenvalue weighted by Crippen LogP contribution is -2.22. The summed E-state index contributed by atoms with van der Waals surface area (Å²) in [6.07, 6.45) is -0.926. The van der Waals surface area contributed by atoms with Gasteiger partial charge in [0.2, 0.25) is 0 Å². The summed E-state index contributed by atoms with van der Waals surface area (Å²) in [7, 11) is 0. The highest BCUT2D eigenvalue weighted by molar-refractivity contribution is 7.99. The van der Waals surface area contributed by atoms with Gasteiger partial charge in [-0.05, 0) is 49.2 Å². The molecule has 0 aliphatic heterocycles. The summed E-state index contributed by atoms with van der Waals surface area (Å²) < 4.78 is 41.7. The van der Waals surface area contributed by atoms with Crippen molar-refractivity contribution in [3.63, 3.8) is 0 Å². The average molecular weight is 505 g/mol. The van der Waals surface area contributed by atoms with Gasteiger partial charge < -0.3 is 4.57 Å². The number of imidazole rings is 1. The number of ketones is 1. The van der Waals surface area contributed by atoms with Crippen LogP contribution in [0.2, 0.25) is 5.02 Å². The van der Waals surface area contributed by atoms with Crippen molar-refractivity contribution in [2.45, 2.75) is 30.2 Å². The number of aromatic nitrogens is 4. The van der Waals surface area contributed by atoms with E-state index in [1.165, 1.54) is 4.57 Å². The van der Waals surface area contributed by atoms with E-state index in [2.05, 4.69) is 9.97 Å². The highest BCUT2D eigenvalue weighted by Gasteiger charge is 2.30. The molecule has 2 aromatic carbocycles. The van der Waals surface area contributed by atoms with Crippen LogP contribution >= 0.6 is 23.4 Å². The van der Waals surface area contributed by atoms with E-state index in [-0.39, 0.29) is 39.4 Å². The molecule has 0 N–H and O–H groups in total. The van der Waals surface area contributed by atoms with E-state index in [0.717, 1.165) is 48.9 Å². The average Bonchev–Trinajstić information content (AvgIpc) is 3.57. The van der Waals surface area contributed by atoms with Gasteiger partial charge in [0, 0.05) is 16.6 Å². The number of fused-ring (bicyclic) bond motifs is 1. The maximum Gasteiger partial charge on any atom is 0.416 e. The molecule has 4 aromatic rings. The van der Waals surface area contributed by atoms with Crippen molar-refractivity contribution in [1.82, 2.24) is 19.1 Å². The molecule has 1 fully saturated rings. The van der Waals surface area contributed by atoms with Gasteiger partial charge in [-0.25, -0.2) is 9.97 Å². The zero-order valence-corrected chi connectivity index (χ0v) is 19.0. The number of halogens is 4. The van der Waals surface area contributed by atoms with Crippen molar-refractivity contribution in [2.75, 3.05) is 5.75 Å². The first-order valence-electron chi connectivity index (χ1n) is 10.3. The number of Topliss-reactive ketones (excluding diaryl/α,β-unsaturated/α-hetero) is 1. The monoisotopic (exact) mass is 504 g/mol. The van der Waals surface area contributed by atoms with Crippen LogP contribution in [0.15, 0.2) is 64.8 Å². The van der Waals surface area contributed by atoms with Crippen molar-refractivity contribution >= 4 is 40.3 Å². The summed E-state index contributed by atoms with van der Waals surface area (Å²) in [4.78, 5) is 35.0. The molecule has 2 heterocycles. The molecule has 0 saturated heterocycles. The van der Waals surface area contributed by atoms with Gasteiger partial charge in [-0.2, -0.15) is 13.2 Å². The zero-order chi connectivity index (χ0) is 24.0. The molecule has 11 heteroatoms. The molecule has 0 spiro atoms. The van der Waals surface area contributed by atoms with Crippen LogP contribution in [0.4, 0.5) is 13.2 Å². The van der Waals surface area contributed by atoms with Gasteiger partial charge in [0.1, 0.15) is 0 Å². The second kappa shape index (κ2) is 8.59. The highest BCUT2D eigenvalue weighted by Crippen LogP contribution is 2.37. The zero-order valence-electron chi connectivity index (χ0n) is 17.4. The van der Waals surface area contributed by atoms with Crippen LogP contribution in [-0.4, -0.2) is 30.6 Å². The van der Waals surface area contributed by atoms with Crippen molar-refractivity contribution in [1.29, 1.82) is 0 Å². The Morgan fingerprint density at radius 1 is 1.09 bits per heavy atom. The van der Waals surface area contributed by atoms with Gasteiger partial charge in [0.15, 0.2) is 22.1 Å². The van der Waals surface area contributed by atoms with E-state index < -0.39 is 11.7 Å². The summed E-state index contributed by atoms with van der Waals surface area (Å²) in [6, 6.07) is 10.9. The Labute approximate surface area is 200 Å². The van der Waals surface area contributed by atoms with Crippen LogP contribution < -0.4 is 5.56 Å². The number of carbonyl (C=O) groups excluding carboxylic acids is 1. The topological polar surface area (TPSA) is 69.8 Å². The van der Waals surface area contributed by atoms with Crippen molar-refractivity contribution in [3.05, 3.63) is 81.4 Å². The first-order chi connectivity index (χ1) is 16.2. The van der Waals surface area contributed by atoms with E-state index in [9.17, 15) is 22.8 Å². The third-order valence-electron chi connectivity index (χ3n) is 5.46. The van der Waals surface area contributed by atoms with Gasteiger partial charge in [0.05, 0.1) is 23.3 Å². The molecule has 0 unspecified atom stereocenters. The Hall–Kier alpha value is -3.11. The number of carbonyl (C=O) groups is 1. The Bertz CT molecular complexity index is 1440. The predicted octanol–water partition coefficient (Wildman–Crippen LogP) is 5.56. The predicted molar refractivity (Wildman–Crippen MR) is 123 cm³/mol. The van der Waals surface area contributed by atoms with E-state index in [1.807, 2.05) is 4.57 Å². The standard InChI is InChI=1S/C23H16ClF3N4O2S/c24-15-5-7-17(8-6-15)31-21(33)19-20(30(12-28-19)16-9-10-16)29-22(31)34-11-18(32)13-1-3-14(4-2-13)23(25,26)27/h1-8,12,16H,9-11H2. The molecule has 34 heavy (non-hydrogen) atoms. The molecule has 1 aliphatic rings. The summed E-state index contributed by atoms with van der Waals surface area (Å²) >= 11 is 7.03. The fraction of sp³-hybridized carbons (Fsp3) is 0.217. The van der Waals surface area contributed by atoms with E-state index >= 15 is 0 Å². The van der Waals surface area contributed by atoms with E-state index in [0.29, 0.717) is 16.4 Å². The molecular weight excluding hydrogens is 489 g/mol. The molecule has 0 atom stereocenters. The number of rotatable bonds is 6. The summed E-state index contributed by atoms with van der Waals surface area (Å²) in [5.74, 6) is -0.500. The highest BCUT2D eigenvalue weighted by atomic mass is 35.5. The molecule has 0 bridgehead atoms. The lowest BCUT2D eigenvalue weighted by atomic mass is 10.1. The Kier molecular flexibility index (Phi) is 5.73. The lowest BCUT2D eigenvalue weighted by Gasteiger charge is -2.13. The maximum atomic E-state index is 13.3. The molecule has 0 radical (unpaired) electrons. The number of alkyl halides is 3. The minimum atomic E-state index is -4.48. The normalized spacial score (nSPS) is 14.0. The molecule has 174 valence electrons. The van der Waals surface area contributed by atoms with Crippen LogP contribution in [0.3, 0.4) is 0 Å². The summed E-state index contributed by atoms with van der Waals surface area (Å²) in [5.41, 5.74) is 0.117. The SMILES string of the molecule is O=C(CSc1nc2c(ncn2C2CC2)c(=O)n1-c1ccc(Cl)cc1)c1ccc(C(F)(F)F)cc1. The molecule has 6 nitrogen and oxygen atoms in total. The first kappa shape index (κ1) is 22.7. The fourth-order valence-electron chi connectivity index (χ4n) is 3.54. The second-order valence-electron chi connectivity index (χ2n) is 7.85. The number of thioether (sulfide) groups is 1. The molecule has 1 aliphatic carbocycles. The molecule has 0 amide bonds. The first-order valence-corrected chi connectivity index (χ1v) is 11.7. The van der Waals surface area contributed by atoms with Gasteiger partial charge in [-0.15, -0.1) is 0 Å². The van der Waals surface area contributed by atoms with Crippen molar-refractivity contribution in [3.8, 4) is 5.69 Å². The second-order valence-corrected chi connectivity index (χ2v) is 9.23. The number of hydrogen-bond donors (Lipinski definition) is 0. The van der Waals surface area contributed by atoms with Crippen molar-refractivity contribution < 1.29 is 18.0 Å². The number of benzene rings is 2. The number of nitrogens with zero attached hydrogens (tertiary/aromatic N) is 4. The minimum absolute atomic E-state index is 0.117. The summed E-state index contributed by atoms with van der Waals surface area (Å²) in [5, 5.41) is 0.776. The van der Waals surface area contributed by atoms with Crippen LogP contribution in [0.5, 0.6) is 0 Å². The number of hydrogen-bond acceptors (Lipinski definition) is 5. The quantitative estimate of drug-likeness (QED) is 0.195. The maximum absolute atomic E-state index is 13.3. The Balaban J connectivity index is 1.50.